The van der Waals surface area contributed by atoms with Crippen molar-refractivity contribution in [2.24, 2.45) is 0 Å². The summed E-state index contributed by atoms with van der Waals surface area (Å²) in [5.74, 6) is 0. The van der Waals surface area contributed by atoms with Crippen LogP contribution < -0.4 is 0 Å². The van der Waals surface area contributed by atoms with Crippen LogP contribution in [0.2, 0.25) is 0 Å². The zero-order chi connectivity index (χ0) is 23.3. The van der Waals surface area contributed by atoms with Crippen molar-refractivity contribution in [2.45, 2.75) is 38.4 Å². The van der Waals surface area contributed by atoms with E-state index >= 15 is 0 Å². The second kappa shape index (κ2) is 10.8. The Labute approximate surface area is 191 Å². The third-order valence-corrected chi connectivity index (χ3v) is 5.29. The standard InChI is InChI=1S/C20H44N4O8/c1-7-10-22(4)31-23(5,11-8-13-25-15-20-18-28-20)29-21(2,3)30-24(6,32-22)12-9-14-27-19-16-26-17-19/h19-20H,7-18H2,1-6H3/q+4. The van der Waals surface area contributed by atoms with Crippen LogP contribution in [0.1, 0.15) is 26.2 Å². The number of rotatable bonds is 13. The fourth-order valence-corrected chi connectivity index (χ4v) is 4.02. The highest BCUT2D eigenvalue weighted by Gasteiger charge is 2.59. The van der Waals surface area contributed by atoms with Crippen molar-refractivity contribution in [3.05, 3.63) is 0 Å². The predicted octanol–water partition coefficient (Wildman–Crippen LogP) is 0.824. The summed E-state index contributed by atoms with van der Waals surface area (Å²) in [6, 6.07) is 0. The minimum absolute atomic E-state index is 0.113. The number of epoxide rings is 1. The average Bonchev–Trinajstić information content (AvgIpc) is 3.41. The lowest BCUT2D eigenvalue weighted by atomic mass is 10.3. The third-order valence-electron chi connectivity index (χ3n) is 5.29. The number of hydrogen-bond acceptors (Lipinski definition) is 8. The topological polar surface area (TPSA) is 77.1 Å². The molecule has 0 amide bonds. The van der Waals surface area contributed by atoms with E-state index in [1.54, 1.807) is 0 Å². The molecule has 12 heteroatoms. The molecule has 3 fully saturated rings. The summed E-state index contributed by atoms with van der Waals surface area (Å²) < 4.78 is 21.8. The predicted molar refractivity (Wildman–Crippen MR) is 110 cm³/mol. The average molecular weight is 469 g/mol. The maximum Gasteiger partial charge on any atom is 0.156 e. The Morgan fingerprint density at radius 2 is 1.31 bits per heavy atom. The molecule has 188 valence electrons. The zero-order valence-electron chi connectivity index (χ0n) is 20.7. The summed E-state index contributed by atoms with van der Waals surface area (Å²) in [7, 11) is 9.26. The maximum atomic E-state index is 6.44. The molecule has 3 saturated heterocycles. The van der Waals surface area contributed by atoms with Crippen LogP contribution in [0.25, 0.3) is 0 Å². The van der Waals surface area contributed by atoms with Crippen LogP contribution in [0.15, 0.2) is 0 Å². The number of hydroxylamine groups is 16. The molecule has 3 heterocycles. The minimum Gasteiger partial charge on any atom is -0.378 e. The number of hydrogen-bond donors (Lipinski definition) is 0. The molecule has 3 aliphatic heterocycles. The number of ether oxygens (including phenoxy) is 4. The van der Waals surface area contributed by atoms with Crippen molar-refractivity contribution in [3.8, 4) is 0 Å². The van der Waals surface area contributed by atoms with Gasteiger partial charge >= 0.3 is 0 Å². The highest BCUT2D eigenvalue weighted by molar-refractivity contribution is 4.67. The summed E-state index contributed by atoms with van der Waals surface area (Å²) in [6.07, 6.45) is 2.84. The number of quaternary nitrogens is 4. The van der Waals surface area contributed by atoms with Gasteiger partial charge in [0.25, 0.3) is 0 Å². The molecule has 12 nitrogen and oxygen atoms in total. The molecule has 0 bridgehead atoms. The van der Waals surface area contributed by atoms with E-state index in [9.17, 15) is 0 Å². The maximum absolute atomic E-state index is 6.44. The van der Waals surface area contributed by atoms with Crippen LogP contribution in [-0.4, -0.2) is 126 Å². The third kappa shape index (κ3) is 8.38. The summed E-state index contributed by atoms with van der Waals surface area (Å²) >= 11 is 0. The molecular formula is C20H44N4O8+4. The zero-order valence-corrected chi connectivity index (χ0v) is 20.7. The largest absolute Gasteiger partial charge is 0.378 e. The number of nitrogens with zero attached hydrogens (tertiary/aromatic N) is 4. The molecule has 0 aromatic heterocycles. The highest BCUT2D eigenvalue weighted by Crippen LogP contribution is 2.29. The fraction of sp³-hybridized carbons (Fsp3) is 1.00. The molecule has 0 aromatic rings. The molecule has 0 spiro atoms. The van der Waals surface area contributed by atoms with Gasteiger partial charge in [-0.1, -0.05) is 6.92 Å². The van der Waals surface area contributed by atoms with Crippen molar-refractivity contribution >= 4 is 0 Å². The van der Waals surface area contributed by atoms with E-state index in [1.807, 2.05) is 35.2 Å². The van der Waals surface area contributed by atoms with E-state index in [0.717, 1.165) is 25.9 Å². The van der Waals surface area contributed by atoms with Gasteiger partial charge in [-0.15, -0.1) is 0 Å². The quantitative estimate of drug-likeness (QED) is 0.223. The van der Waals surface area contributed by atoms with Gasteiger partial charge in [0.2, 0.25) is 0 Å². The van der Waals surface area contributed by atoms with E-state index in [4.69, 9.17) is 38.7 Å². The van der Waals surface area contributed by atoms with E-state index < -0.39 is 0 Å². The molecule has 0 saturated carbocycles. The van der Waals surface area contributed by atoms with Gasteiger partial charge in [0.05, 0.1) is 78.6 Å². The first kappa shape index (κ1) is 26.1. The second-order valence-corrected chi connectivity index (χ2v) is 9.56. The normalized spacial score (nSPS) is 37.5. The molecule has 0 aromatic carbocycles. The molecular weight excluding hydrogens is 424 g/mol. The van der Waals surface area contributed by atoms with Gasteiger partial charge in [-0.05, 0) is 0 Å². The Balaban J connectivity index is 1.59. The summed E-state index contributed by atoms with van der Waals surface area (Å²) in [5, 5.41) is 0. The van der Waals surface area contributed by atoms with Crippen molar-refractivity contribution in [3.63, 3.8) is 0 Å². The minimum atomic E-state index is -0.201. The highest BCUT2D eigenvalue weighted by atomic mass is 17.4. The van der Waals surface area contributed by atoms with Gasteiger partial charge in [-0.25, -0.2) is 0 Å². The molecule has 0 aliphatic carbocycles. The van der Waals surface area contributed by atoms with Crippen LogP contribution in [0, 0.1) is 0 Å². The van der Waals surface area contributed by atoms with E-state index in [0.29, 0.717) is 52.7 Å². The summed E-state index contributed by atoms with van der Waals surface area (Å²) in [4.78, 5) is 24.9. The molecule has 3 aliphatic rings. The van der Waals surface area contributed by atoms with Gasteiger partial charge in [-0.3, -0.25) is 0 Å². The lowest BCUT2D eigenvalue weighted by Gasteiger charge is -2.40. The van der Waals surface area contributed by atoms with Crippen molar-refractivity contribution in [1.29, 1.82) is 0 Å². The lowest BCUT2D eigenvalue weighted by molar-refractivity contribution is -1.66. The first-order chi connectivity index (χ1) is 15.0. The second-order valence-electron chi connectivity index (χ2n) is 9.56. The summed E-state index contributed by atoms with van der Waals surface area (Å²) in [6.45, 7) is 7.85. The molecule has 0 radical (unpaired) electrons. The lowest BCUT2D eigenvalue weighted by Crippen LogP contribution is -2.71. The van der Waals surface area contributed by atoms with Crippen LogP contribution in [0.5, 0.6) is 0 Å². The molecule has 4 atom stereocenters. The Kier molecular flexibility index (Phi) is 8.86. The molecule has 3 rings (SSSR count). The Morgan fingerprint density at radius 1 is 0.750 bits per heavy atom. The van der Waals surface area contributed by atoms with Gasteiger partial charge in [-0.2, -0.15) is 0 Å². The fourth-order valence-electron chi connectivity index (χ4n) is 4.02. The van der Waals surface area contributed by atoms with Crippen molar-refractivity contribution < 1.29 is 57.9 Å². The van der Waals surface area contributed by atoms with E-state index in [1.165, 1.54) is 0 Å². The first-order valence-electron chi connectivity index (χ1n) is 11.7. The molecule has 32 heavy (non-hydrogen) atoms. The van der Waals surface area contributed by atoms with Crippen LogP contribution in [-0.2, 0) is 38.7 Å². The van der Waals surface area contributed by atoms with Gasteiger partial charge in [0, 0.05) is 19.3 Å². The van der Waals surface area contributed by atoms with E-state index in [2.05, 4.69) is 6.92 Å². The Hall–Kier alpha value is -0.480. The van der Waals surface area contributed by atoms with Crippen LogP contribution in [0.4, 0.5) is 0 Å². The van der Waals surface area contributed by atoms with E-state index in [-0.39, 0.29) is 31.4 Å². The van der Waals surface area contributed by atoms with Crippen molar-refractivity contribution in [2.75, 3.05) is 94.5 Å². The van der Waals surface area contributed by atoms with Gasteiger partial charge < -0.3 is 18.9 Å². The summed E-state index contributed by atoms with van der Waals surface area (Å²) in [5.41, 5.74) is 0. The first-order valence-corrected chi connectivity index (χ1v) is 11.7. The van der Waals surface area contributed by atoms with Crippen LogP contribution >= 0.6 is 0 Å². The van der Waals surface area contributed by atoms with Gasteiger partial charge in [0.15, 0.2) is 19.6 Å². The molecule has 4 unspecified atom stereocenters. The monoisotopic (exact) mass is 468 g/mol. The Bertz CT molecular complexity index is 594. The van der Waals surface area contributed by atoms with Crippen molar-refractivity contribution in [1.82, 2.24) is 0 Å². The molecule has 0 N–H and O–H groups in total. The smallest absolute Gasteiger partial charge is 0.156 e. The Morgan fingerprint density at radius 3 is 1.81 bits per heavy atom. The van der Waals surface area contributed by atoms with Gasteiger partial charge in [0.1, 0.15) is 47.4 Å². The van der Waals surface area contributed by atoms with Crippen LogP contribution in [0.3, 0.4) is 0 Å². The SMILES string of the molecule is CCC[N+]1(C)O[N+](C)(CCCOCC2CO2)O[N+](C)(C)O[N+](C)(CCCOC2COC2)O1.